The zero-order valence-corrected chi connectivity index (χ0v) is 17.7. The highest BCUT2D eigenvalue weighted by atomic mass is 32.2. The highest BCUT2D eigenvalue weighted by molar-refractivity contribution is 8.01. The summed E-state index contributed by atoms with van der Waals surface area (Å²) in [6, 6.07) is 17.8. The molecule has 0 bridgehead atoms. The summed E-state index contributed by atoms with van der Waals surface area (Å²) in [6.45, 7) is 4.32. The monoisotopic (exact) mass is 415 g/mol. The van der Waals surface area contributed by atoms with Gasteiger partial charge < -0.3 is 5.32 Å². The van der Waals surface area contributed by atoms with E-state index in [0.717, 1.165) is 22.1 Å². The van der Waals surface area contributed by atoms with Crippen LogP contribution in [0.1, 0.15) is 31.7 Å². The number of anilines is 1. The van der Waals surface area contributed by atoms with Gasteiger partial charge in [0, 0.05) is 5.69 Å². The van der Waals surface area contributed by atoms with E-state index in [0.29, 0.717) is 15.6 Å². The Bertz CT molecular complexity index is 966. The molecule has 140 valence electrons. The SMILES string of the molecule is CC[C@@H](C)c1ccccc1NC(=O)CSc1nn(-c2ccccc2)c(=S)s1. The molecule has 3 aromatic rings. The molecule has 0 aliphatic heterocycles. The van der Waals surface area contributed by atoms with E-state index in [1.165, 1.54) is 28.7 Å². The molecule has 7 heteroatoms. The average molecular weight is 416 g/mol. The van der Waals surface area contributed by atoms with Crippen molar-refractivity contribution in [3.05, 3.63) is 64.1 Å². The summed E-state index contributed by atoms with van der Waals surface area (Å²) < 4.78 is 3.19. The van der Waals surface area contributed by atoms with Crippen molar-refractivity contribution in [3.8, 4) is 5.69 Å². The minimum absolute atomic E-state index is 0.0388. The number of benzene rings is 2. The van der Waals surface area contributed by atoms with Crippen LogP contribution in [0.25, 0.3) is 5.69 Å². The second-order valence-corrected chi connectivity index (χ2v) is 8.96. The molecule has 1 atom stereocenters. The molecule has 1 aromatic heterocycles. The van der Waals surface area contributed by atoms with Gasteiger partial charge in [0.1, 0.15) is 0 Å². The highest BCUT2D eigenvalue weighted by Crippen LogP contribution is 2.28. The number of carbonyl (C=O) groups is 1. The van der Waals surface area contributed by atoms with Crippen LogP contribution >= 0.6 is 35.3 Å². The van der Waals surface area contributed by atoms with E-state index in [4.69, 9.17) is 12.2 Å². The molecule has 0 spiro atoms. The van der Waals surface area contributed by atoms with Crippen molar-refractivity contribution < 1.29 is 4.79 Å². The number of nitrogens with one attached hydrogen (secondary N) is 1. The Balaban J connectivity index is 1.65. The largest absolute Gasteiger partial charge is 0.325 e. The summed E-state index contributed by atoms with van der Waals surface area (Å²) in [4.78, 5) is 12.4. The van der Waals surface area contributed by atoms with Gasteiger partial charge in [0.25, 0.3) is 0 Å². The van der Waals surface area contributed by atoms with Gasteiger partial charge in [-0.15, -0.1) is 5.10 Å². The maximum atomic E-state index is 12.4. The zero-order valence-electron chi connectivity index (χ0n) is 15.2. The Morgan fingerprint density at radius 2 is 1.93 bits per heavy atom. The predicted octanol–water partition coefficient (Wildman–Crippen LogP) is 5.91. The third kappa shape index (κ3) is 5.06. The molecule has 0 fully saturated rings. The number of hydrogen-bond donors (Lipinski definition) is 1. The van der Waals surface area contributed by atoms with Crippen molar-refractivity contribution in [1.82, 2.24) is 9.78 Å². The third-order valence-electron chi connectivity index (χ3n) is 4.23. The van der Waals surface area contributed by atoms with Gasteiger partial charge in [-0.25, -0.2) is 4.68 Å². The molecule has 0 aliphatic carbocycles. The third-order valence-corrected chi connectivity index (χ3v) is 6.60. The second-order valence-electron chi connectivity index (χ2n) is 6.11. The Labute approximate surface area is 172 Å². The topological polar surface area (TPSA) is 46.9 Å². The smallest absolute Gasteiger partial charge is 0.234 e. The van der Waals surface area contributed by atoms with Crippen LogP contribution in [-0.4, -0.2) is 21.4 Å². The van der Waals surface area contributed by atoms with Gasteiger partial charge in [0.05, 0.1) is 11.4 Å². The van der Waals surface area contributed by atoms with Crippen LogP contribution in [-0.2, 0) is 4.79 Å². The first kappa shape index (κ1) is 19.8. The van der Waals surface area contributed by atoms with Gasteiger partial charge in [0.2, 0.25) is 5.91 Å². The van der Waals surface area contributed by atoms with E-state index in [-0.39, 0.29) is 5.91 Å². The quantitative estimate of drug-likeness (QED) is 0.385. The first-order valence-electron chi connectivity index (χ1n) is 8.75. The first-order chi connectivity index (χ1) is 13.1. The van der Waals surface area contributed by atoms with Crippen LogP contribution in [0.5, 0.6) is 0 Å². The number of para-hydroxylation sites is 2. The summed E-state index contributed by atoms with van der Waals surface area (Å²) in [7, 11) is 0. The number of aromatic nitrogens is 2. The van der Waals surface area contributed by atoms with Gasteiger partial charge in [-0.1, -0.05) is 73.3 Å². The van der Waals surface area contributed by atoms with Crippen molar-refractivity contribution in [2.45, 2.75) is 30.5 Å². The number of amides is 1. The van der Waals surface area contributed by atoms with E-state index < -0.39 is 0 Å². The van der Waals surface area contributed by atoms with Crippen LogP contribution in [0, 0.1) is 3.95 Å². The zero-order chi connectivity index (χ0) is 19.2. The molecule has 0 saturated carbocycles. The molecule has 0 saturated heterocycles. The number of carbonyl (C=O) groups excluding carboxylic acids is 1. The Kier molecular flexibility index (Phi) is 6.82. The van der Waals surface area contributed by atoms with E-state index in [2.05, 4.69) is 30.3 Å². The number of hydrogen-bond acceptors (Lipinski definition) is 5. The maximum Gasteiger partial charge on any atom is 0.234 e. The Hall–Kier alpha value is -1.96. The van der Waals surface area contributed by atoms with Crippen molar-refractivity contribution in [3.63, 3.8) is 0 Å². The van der Waals surface area contributed by atoms with Crippen LogP contribution in [0.15, 0.2) is 58.9 Å². The number of thioether (sulfide) groups is 1. The predicted molar refractivity (Wildman–Crippen MR) is 117 cm³/mol. The van der Waals surface area contributed by atoms with Crippen molar-refractivity contribution in [2.75, 3.05) is 11.1 Å². The standard InChI is InChI=1S/C20H21N3OS3/c1-3-14(2)16-11-7-8-12-17(16)21-18(24)13-26-19-22-23(20(25)27-19)15-9-5-4-6-10-15/h4-12,14H,3,13H2,1-2H3,(H,21,24)/t14-/m1/s1. The maximum absolute atomic E-state index is 12.4. The summed E-state index contributed by atoms with van der Waals surface area (Å²) in [6.07, 6.45) is 1.03. The Morgan fingerprint density at radius 1 is 1.22 bits per heavy atom. The molecular formula is C20H21N3OS3. The normalized spacial score (nSPS) is 11.9. The molecule has 27 heavy (non-hydrogen) atoms. The van der Waals surface area contributed by atoms with Gasteiger partial charge in [-0.05, 0) is 48.3 Å². The second kappa shape index (κ2) is 9.30. The van der Waals surface area contributed by atoms with Crippen molar-refractivity contribution >= 4 is 46.9 Å². The summed E-state index contributed by atoms with van der Waals surface area (Å²) in [5.41, 5.74) is 2.99. The summed E-state index contributed by atoms with van der Waals surface area (Å²) in [5.74, 6) is 0.662. The lowest BCUT2D eigenvalue weighted by molar-refractivity contribution is -0.113. The van der Waals surface area contributed by atoms with Gasteiger partial charge in [-0.3, -0.25) is 4.79 Å². The van der Waals surface area contributed by atoms with Crippen LogP contribution < -0.4 is 5.32 Å². The lowest BCUT2D eigenvalue weighted by Gasteiger charge is -2.15. The lowest BCUT2D eigenvalue weighted by atomic mass is 9.97. The fourth-order valence-electron chi connectivity index (χ4n) is 2.63. The average Bonchev–Trinajstić information content (AvgIpc) is 3.07. The lowest BCUT2D eigenvalue weighted by Crippen LogP contribution is -2.15. The van der Waals surface area contributed by atoms with Crippen LogP contribution in [0.2, 0.25) is 0 Å². The van der Waals surface area contributed by atoms with Gasteiger partial charge >= 0.3 is 0 Å². The summed E-state index contributed by atoms with van der Waals surface area (Å²) >= 11 is 8.23. The Morgan fingerprint density at radius 3 is 2.67 bits per heavy atom. The molecule has 1 N–H and O–H groups in total. The fourth-order valence-corrected chi connectivity index (χ4v) is 4.79. The molecule has 0 aliphatic rings. The molecule has 1 amide bonds. The first-order valence-corrected chi connectivity index (χ1v) is 11.0. The minimum Gasteiger partial charge on any atom is -0.325 e. The van der Waals surface area contributed by atoms with Gasteiger partial charge in [-0.2, -0.15) is 0 Å². The fraction of sp³-hybridized carbons (Fsp3) is 0.250. The molecule has 0 unspecified atom stereocenters. The van der Waals surface area contributed by atoms with Crippen LogP contribution in [0.3, 0.4) is 0 Å². The van der Waals surface area contributed by atoms with Crippen LogP contribution in [0.4, 0.5) is 5.69 Å². The summed E-state index contributed by atoms with van der Waals surface area (Å²) in [5, 5.41) is 7.57. The molecule has 3 rings (SSSR count). The molecule has 1 heterocycles. The van der Waals surface area contributed by atoms with Crippen molar-refractivity contribution in [2.24, 2.45) is 0 Å². The van der Waals surface area contributed by atoms with E-state index in [9.17, 15) is 4.79 Å². The molecule has 0 radical (unpaired) electrons. The number of rotatable bonds is 7. The van der Waals surface area contributed by atoms with E-state index >= 15 is 0 Å². The molecular weight excluding hydrogens is 394 g/mol. The van der Waals surface area contributed by atoms with Crippen molar-refractivity contribution in [1.29, 1.82) is 0 Å². The minimum atomic E-state index is -0.0388. The van der Waals surface area contributed by atoms with E-state index in [1.54, 1.807) is 4.68 Å². The van der Waals surface area contributed by atoms with E-state index in [1.807, 2.05) is 48.5 Å². The molecule has 4 nitrogen and oxygen atoms in total. The molecule has 2 aromatic carbocycles. The number of nitrogens with zero attached hydrogens (tertiary/aromatic N) is 2. The van der Waals surface area contributed by atoms with Gasteiger partial charge in [0.15, 0.2) is 8.29 Å². The highest BCUT2D eigenvalue weighted by Gasteiger charge is 2.13.